The lowest BCUT2D eigenvalue weighted by molar-refractivity contribution is 0.102. The van der Waals surface area contributed by atoms with Crippen LogP contribution in [0.1, 0.15) is 27.2 Å². The van der Waals surface area contributed by atoms with Gasteiger partial charge in [-0.2, -0.15) is 0 Å². The molecule has 1 aromatic carbocycles. The van der Waals surface area contributed by atoms with Crippen LogP contribution in [0.4, 0.5) is 5.69 Å². The fourth-order valence-electron chi connectivity index (χ4n) is 2.02. The molecule has 0 aliphatic rings. The number of amides is 1. The Kier molecular flexibility index (Phi) is 3.51. The van der Waals surface area contributed by atoms with Gasteiger partial charge in [0.05, 0.1) is 0 Å². The lowest BCUT2D eigenvalue weighted by atomic mass is 10.1. The molecule has 2 rings (SSSR count). The lowest BCUT2D eigenvalue weighted by Crippen LogP contribution is -2.22. The van der Waals surface area contributed by atoms with Crippen LogP contribution < -0.4 is 10.9 Å². The quantitative estimate of drug-likeness (QED) is 0.867. The van der Waals surface area contributed by atoms with Crippen LogP contribution in [0, 0.1) is 20.8 Å². The van der Waals surface area contributed by atoms with Gasteiger partial charge in [0, 0.05) is 11.3 Å². The van der Waals surface area contributed by atoms with Gasteiger partial charge >= 0.3 is 0 Å². The van der Waals surface area contributed by atoms with Crippen molar-refractivity contribution < 1.29 is 4.79 Å². The molecule has 0 unspecified atom stereocenters. The van der Waals surface area contributed by atoms with Crippen molar-refractivity contribution in [2.75, 3.05) is 5.32 Å². The molecule has 0 radical (unpaired) electrons. The first kappa shape index (κ1) is 13.1. The second-order valence-electron chi connectivity index (χ2n) is 4.61. The number of rotatable bonds is 2. The molecule has 0 saturated heterocycles. The van der Waals surface area contributed by atoms with Crippen molar-refractivity contribution >= 4 is 11.6 Å². The molecule has 4 nitrogen and oxygen atoms in total. The standard InChI is InChI=1S/C15H16N2O2/c1-9-6-4-5-7-12(9)14(18)17-13-10(2)8-11(3)16-15(13)19/h4-8H,1-3H3,(H,16,19)(H,17,18). The van der Waals surface area contributed by atoms with Gasteiger partial charge in [0.1, 0.15) is 5.69 Å². The van der Waals surface area contributed by atoms with Crippen LogP contribution in [-0.4, -0.2) is 10.9 Å². The third-order valence-electron chi connectivity index (χ3n) is 2.99. The van der Waals surface area contributed by atoms with E-state index in [0.29, 0.717) is 11.3 Å². The van der Waals surface area contributed by atoms with E-state index in [4.69, 9.17) is 0 Å². The van der Waals surface area contributed by atoms with E-state index in [0.717, 1.165) is 16.8 Å². The third kappa shape index (κ3) is 2.73. The first-order chi connectivity index (χ1) is 8.99. The number of benzene rings is 1. The number of carbonyl (C=O) groups is 1. The SMILES string of the molecule is Cc1cc(C)c(NC(=O)c2ccccc2C)c(=O)[nH]1. The summed E-state index contributed by atoms with van der Waals surface area (Å²) in [4.78, 5) is 26.7. The summed E-state index contributed by atoms with van der Waals surface area (Å²) in [5, 5.41) is 2.68. The van der Waals surface area contributed by atoms with Crippen molar-refractivity contribution in [1.82, 2.24) is 4.98 Å². The molecule has 0 atom stereocenters. The summed E-state index contributed by atoms with van der Waals surface area (Å²) in [6.45, 7) is 5.47. The zero-order valence-electron chi connectivity index (χ0n) is 11.2. The van der Waals surface area contributed by atoms with E-state index in [2.05, 4.69) is 10.3 Å². The molecular formula is C15H16N2O2. The number of hydrogen-bond acceptors (Lipinski definition) is 2. The molecule has 0 aliphatic carbocycles. The van der Waals surface area contributed by atoms with Crippen LogP contribution in [0.3, 0.4) is 0 Å². The van der Waals surface area contributed by atoms with Crippen LogP contribution >= 0.6 is 0 Å². The topological polar surface area (TPSA) is 62.0 Å². The van der Waals surface area contributed by atoms with Crippen molar-refractivity contribution in [2.24, 2.45) is 0 Å². The van der Waals surface area contributed by atoms with Crippen LogP contribution in [-0.2, 0) is 0 Å². The van der Waals surface area contributed by atoms with E-state index in [1.807, 2.05) is 25.1 Å². The maximum atomic E-state index is 12.2. The predicted molar refractivity (Wildman–Crippen MR) is 75.7 cm³/mol. The molecule has 4 heteroatoms. The Bertz CT molecular complexity index is 687. The second kappa shape index (κ2) is 5.10. The number of hydrogen-bond donors (Lipinski definition) is 2. The molecule has 2 N–H and O–H groups in total. The lowest BCUT2D eigenvalue weighted by Gasteiger charge is -2.09. The van der Waals surface area contributed by atoms with Gasteiger partial charge in [-0.15, -0.1) is 0 Å². The zero-order valence-corrected chi connectivity index (χ0v) is 11.2. The fourth-order valence-corrected chi connectivity index (χ4v) is 2.02. The van der Waals surface area contributed by atoms with Gasteiger partial charge in [0.25, 0.3) is 11.5 Å². The number of carbonyl (C=O) groups excluding carboxylic acids is 1. The number of anilines is 1. The molecular weight excluding hydrogens is 240 g/mol. The van der Waals surface area contributed by atoms with Crippen LogP contribution in [0.25, 0.3) is 0 Å². The highest BCUT2D eigenvalue weighted by Crippen LogP contribution is 2.13. The van der Waals surface area contributed by atoms with Crippen LogP contribution in [0.15, 0.2) is 35.1 Å². The van der Waals surface area contributed by atoms with Crippen LogP contribution in [0.2, 0.25) is 0 Å². The Balaban J connectivity index is 2.35. The maximum absolute atomic E-state index is 12.2. The Morgan fingerprint density at radius 3 is 2.42 bits per heavy atom. The summed E-state index contributed by atoms with van der Waals surface area (Å²) in [6.07, 6.45) is 0. The average molecular weight is 256 g/mol. The van der Waals surface area contributed by atoms with Gasteiger partial charge < -0.3 is 10.3 Å². The highest BCUT2D eigenvalue weighted by Gasteiger charge is 2.12. The number of pyridine rings is 1. The van der Waals surface area contributed by atoms with Gasteiger partial charge in [-0.25, -0.2) is 0 Å². The summed E-state index contributed by atoms with van der Waals surface area (Å²) in [6, 6.07) is 9.10. The monoisotopic (exact) mass is 256 g/mol. The van der Waals surface area contributed by atoms with Gasteiger partial charge in [0.2, 0.25) is 0 Å². The van der Waals surface area contributed by atoms with E-state index >= 15 is 0 Å². The van der Waals surface area contributed by atoms with Gasteiger partial charge in [-0.1, -0.05) is 18.2 Å². The number of aromatic amines is 1. The minimum Gasteiger partial charge on any atom is -0.325 e. The molecule has 0 saturated carbocycles. The summed E-state index contributed by atoms with van der Waals surface area (Å²) in [5.74, 6) is -0.268. The smallest absolute Gasteiger partial charge is 0.272 e. The Labute approximate surface area is 111 Å². The van der Waals surface area contributed by atoms with E-state index in [9.17, 15) is 9.59 Å². The van der Waals surface area contributed by atoms with Crippen molar-refractivity contribution in [3.8, 4) is 0 Å². The molecule has 98 valence electrons. The van der Waals surface area contributed by atoms with Crippen molar-refractivity contribution in [3.63, 3.8) is 0 Å². The highest BCUT2D eigenvalue weighted by atomic mass is 16.2. The van der Waals surface area contributed by atoms with Crippen molar-refractivity contribution in [1.29, 1.82) is 0 Å². The highest BCUT2D eigenvalue weighted by molar-refractivity contribution is 6.05. The third-order valence-corrected chi connectivity index (χ3v) is 2.99. The Hall–Kier alpha value is -2.36. The van der Waals surface area contributed by atoms with Crippen molar-refractivity contribution in [2.45, 2.75) is 20.8 Å². The van der Waals surface area contributed by atoms with Gasteiger partial charge in [-0.05, 0) is 44.0 Å². The molecule has 19 heavy (non-hydrogen) atoms. The minimum absolute atomic E-state index is 0.268. The molecule has 2 aromatic rings. The Morgan fingerprint density at radius 2 is 1.79 bits per heavy atom. The zero-order chi connectivity index (χ0) is 14.0. The van der Waals surface area contributed by atoms with Gasteiger partial charge in [0.15, 0.2) is 0 Å². The maximum Gasteiger partial charge on any atom is 0.272 e. The first-order valence-electron chi connectivity index (χ1n) is 6.06. The molecule has 1 heterocycles. The summed E-state index contributed by atoms with van der Waals surface area (Å²) < 4.78 is 0. The van der Waals surface area contributed by atoms with E-state index < -0.39 is 0 Å². The van der Waals surface area contributed by atoms with Crippen LogP contribution in [0.5, 0.6) is 0 Å². The number of aryl methyl sites for hydroxylation is 3. The summed E-state index contributed by atoms with van der Waals surface area (Å²) in [7, 11) is 0. The molecule has 1 aromatic heterocycles. The van der Waals surface area contributed by atoms with Gasteiger partial charge in [-0.3, -0.25) is 9.59 Å². The fraction of sp³-hybridized carbons (Fsp3) is 0.200. The minimum atomic E-state index is -0.278. The average Bonchev–Trinajstić information content (AvgIpc) is 2.34. The molecule has 0 bridgehead atoms. The molecule has 0 aliphatic heterocycles. The molecule has 1 amide bonds. The van der Waals surface area contributed by atoms with E-state index in [1.54, 1.807) is 26.0 Å². The number of aromatic nitrogens is 1. The predicted octanol–water partition coefficient (Wildman–Crippen LogP) is 2.55. The first-order valence-corrected chi connectivity index (χ1v) is 6.06. The second-order valence-corrected chi connectivity index (χ2v) is 4.61. The van der Waals surface area contributed by atoms with E-state index in [-0.39, 0.29) is 11.5 Å². The molecule has 0 spiro atoms. The summed E-state index contributed by atoms with van der Waals surface area (Å²) >= 11 is 0. The normalized spacial score (nSPS) is 10.3. The van der Waals surface area contributed by atoms with Crippen molar-refractivity contribution in [3.05, 3.63) is 63.1 Å². The summed E-state index contributed by atoms with van der Waals surface area (Å²) in [5.41, 5.74) is 3.00. The van der Waals surface area contributed by atoms with E-state index in [1.165, 1.54) is 0 Å². The number of nitrogens with one attached hydrogen (secondary N) is 2. The largest absolute Gasteiger partial charge is 0.325 e. The number of H-pyrrole nitrogens is 1. The Morgan fingerprint density at radius 1 is 1.11 bits per heavy atom. The molecule has 0 fully saturated rings.